The quantitative estimate of drug-likeness (QED) is 0.636. The van der Waals surface area contributed by atoms with Crippen molar-refractivity contribution in [1.82, 2.24) is 5.32 Å². The van der Waals surface area contributed by atoms with E-state index in [0.29, 0.717) is 30.8 Å². The SMILES string of the molecule is CN1C(=O)COc2ccc(C(O)CCNCCCO)cc21. The van der Waals surface area contributed by atoms with Gasteiger partial charge in [0.2, 0.25) is 0 Å². The number of rotatable bonds is 7. The lowest BCUT2D eigenvalue weighted by Crippen LogP contribution is -2.35. The second-order valence-electron chi connectivity index (χ2n) is 5.10. The summed E-state index contributed by atoms with van der Waals surface area (Å²) in [6, 6.07) is 5.40. The van der Waals surface area contributed by atoms with Crippen LogP contribution >= 0.6 is 0 Å². The highest BCUT2D eigenvalue weighted by molar-refractivity contribution is 5.97. The van der Waals surface area contributed by atoms with Crippen molar-refractivity contribution in [1.29, 1.82) is 0 Å². The van der Waals surface area contributed by atoms with Crippen molar-refractivity contribution in [3.8, 4) is 5.75 Å². The summed E-state index contributed by atoms with van der Waals surface area (Å²) in [5, 5.41) is 22.0. The van der Waals surface area contributed by atoms with Crippen LogP contribution in [-0.4, -0.2) is 49.5 Å². The standard InChI is InChI=1S/C15H22N2O4/c1-17-12-9-11(3-4-14(12)21-10-15(17)20)13(19)5-7-16-6-2-8-18/h3-4,9,13,16,18-19H,2,5-8,10H2,1H3. The lowest BCUT2D eigenvalue weighted by molar-refractivity contribution is -0.120. The van der Waals surface area contributed by atoms with Crippen LogP contribution in [0, 0.1) is 0 Å². The number of aliphatic hydroxyl groups is 2. The number of carbonyl (C=O) groups excluding carboxylic acids is 1. The Morgan fingerprint density at radius 1 is 1.43 bits per heavy atom. The number of carbonyl (C=O) groups is 1. The van der Waals surface area contributed by atoms with Crippen molar-refractivity contribution in [2.24, 2.45) is 0 Å². The largest absolute Gasteiger partial charge is 0.482 e. The minimum Gasteiger partial charge on any atom is -0.482 e. The Balaban J connectivity index is 1.96. The number of fused-ring (bicyclic) bond motifs is 1. The molecule has 1 aromatic carbocycles. The molecule has 1 amide bonds. The third-order valence-electron chi connectivity index (χ3n) is 3.56. The van der Waals surface area contributed by atoms with Gasteiger partial charge in [-0.1, -0.05) is 6.07 Å². The third kappa shape index (κ3) is 3.93. The van der Waals surface area contributed by atoms with Gasteiger partial charge in [0.25, 0.3) is 5.91 Å². The van der Waals surface area contributed by atoms with Crippen LogP contribution < -0.4 is 15.0 Å². The normalized spacial score (nSPS) is 15.6. The number of nitrogens with zero attached hydrogens (tertiary/aromatic N) is 1. The number of anilines is 1. The maximum atomic E-state index is 11.6. The molecule has 1 heterocycles. The highest BCUT2D eigenvalue weighted by Gasteiger charge is 2.23. The summed E-state index contributed by atoms with van der Waals surface area (Å²) < 4.78 is 5.36. The van der Waals surface area contributed by atoms with Crippen molar-refractivity contribution in [2.75, 3.05) is 38.3 Å². The molecule has 1 unspecified atom stereocenters. The predicted octanol–water partition coefficient (Wildman–Crippen LogP) is 0.437. The molecule has 0 radical (unpaired) electrons. The van der Waals surface area contributed by atoms with E-state index in [2.05, 4.69) is 5.32 Å². The van der Waals surface area contributed by atoms with E-state index in [4.69, 9.17) is 9.84 Å². The maximum absolute atomic E-state index is 11.6. The Bertz CT molecular complexity index is 493. The summed E-state index contributed by atoms with van der Waals surface area (Å²) >= 11 is 0. The molecule has 6 nitrogen and oxygen atoms in total. The van der Waals surface area contributed by atoms with Crippen LogP contribution in [0.25, 0.3) is 0 Å². The highest BCUT2D eigenvalue weighted by Crippen LogP contribution is 2.34. The van der Waals surface area contributed by atoms with Crippen molar-refractivity contribution in [3.63, 3.8) is 0 Å². The van der Waals surface area contributed by atoms with Gasteiger partial charge in [0.15, 0.2) is 6.61 Å². The van der Waals surface area contributed by atoms with Gasteiger partial charge in [0, 0.05) is 13.7 Å². The van der Waals surface area contributed by atoms with Crippen LogP contribution in [0.4, 0.5) is 5.69 Å². The molecule has 21 heavy (non-hydrogen) atoms. The molecule has 1 aromatic rings. The van der Waals surface area contributed by atoms with E-state index in [-0.39, 0.29) is 19.1 Å². The summed E-state index contributed by atoms with van der Waals surface area (Å²) in [5.41, 5.74) is 1.46. The molecule has 0 saturated heterocycles. The molecule has 0 saturated carbocycles. The summed E-state index contributed by atoms with van der Waals surface area (Å²) in [7, 11) is 1.70. The molecule has 1 aliphatic heterocycles. The molecule has 6 heteroatoms. The van der Waals surface area contributed by atoms with E-state index in [9.17, 15) is 9.90 Å². The second kappa shape index (κ2) is 7.40. The summed E-state index contributed by atoms with van der Waals surface area (Å²) in [5.74, 6) is 0.564. The number of nitrogens with one attached hydrogen (secondary N) is 1. The molecule has 0 bridgehead atoms. The molecule has 0 aromatic heterocycles. The van der Waals surface area contributed by atoms with Gasteiger partial charge in [-0.25, -0.2) is 0 Å². The molecule has 1 atom stereocenters. The first kappa shape index (κ1) is 15.8. The van der Waals surface area contributed by atoms with Gasteiger partial charge in [-0.05, 0) is 43.6 Å². The van der Waals surface area contributed by atoms with E-state index >= 15 is 0 Å². The van der Waals surface area contributed by atoms with Crippen molar-refractivity contribution >= 4 is 11.6 Å². The van der Waals surface area contributed by atoms with E-state index in [1.54, 1.807) is 24.1 Å². The van der Waals surface area contributed by atoms with Crippen molar-refractivity contribution in [3.05, 3.63) is 23.8 Å². The Morgan fingerprint density at radius 2 is 2.24 bits per heavy atom. The maximum Gasteiger partial charge on any atom is 0.264 e. The van der Waals surface area contributed by atoms with Gasteiger partial charge in [-0.3, -0.25) is 4.79 Å². The zero-order valence-corrected chi connectivity index (χ0v) is 12.2. The minimum absolute atomic E-state index is 0.0557. The fraction of sp³-hybridized carbons (Fsp3) is 0.533. The zero-order valence-electron chi connectivity index (χ0n) is 12.2. The van der Waals surface area contributed by atoms with Crippen LogP contribution in [0.1, 0.15) is 24.5 Å². The molecule has 3 N–H and O–H groups in total. The van der Waals surface area contributed by atoms with Crippen LogP contribution in [0.15, 0.2) is 18.2 Å². The fourth-order valence-corrected chi connectivity index (χ4v) is 2.23. The van der Waals surface area contributed by atoms with Crippen LogP contribution in [0.3, 0.4) is 0 Å². The van der Waals surface area contributed by atoms with Crippen molar-refractivity contribution < 1.29 is 19.7 Å². The zero-order chi connectivity index (χ0) is 15.2. The molecular weight excluding hydrogens is 272 g/mol. The second-order valence-corrected chi connectivity index (χ2v) is 5.10. The lowest BCUT2D eigenvalue weighted by atomic mass is 10.0. The minimum atomic E-state index is -0.595. The average molecular weight is 294 g/mol. The first-order chi connectivity index (χ1) is 10.1. The van der Waals surface area contributed by atoms with Gasteiger partial charge in [-0.15, -0.1) is 0 Å². The molecule has 2 rings (SSSR count). The molecule has 0 fully saturated rings. The Kier molecular flexibility index (Phi) is 5.55. The first-order valence-corrected chi connectivity index (χ1v) is 7.16. The number of hydrogen-bond acceptors (Lipinski definition) is 5. The third-order valence-corrected chi connectivity index (χ3v) is 3.56. The van der Waals surface area contributed by atoms with Gasteiger partial charge in [-0.2, -0.15) is 0 Å². The topological polar surface area (TPSA) is 82.0 Å². The Morgan fingerprint density at radius 3 is 3.00 bits per heavy atom. The van der Waals surface area contributed by atoms with Crippen LogP contribution in [-0.2, 0) is 4.79 Å². The van der Waals surface area contributed by atoms with E-state index in [1.807, 2.05) is 6.07 Å². The number of aliphatic hydroxyl groups excluding tert-OH is 2. The van der Waals surface area contributed by atoms with E-state index < -0.39 is 6.10 Å². The van der Waals surface area contributed by atoms with E-state index in [1.165, 1.54) is 0 Å². The van der Waals surface area contributed by atoms with Gasteiger partial charge in [0.1, 0.15) is 5.75 Å². The number of hydrogen-bond donors (Lipinski definition) is 3. The predicted molar refractivity (Wildman–Crippen MR) is 79.5 cm³/mol. The monoisotopic (exact) mass is 294 g/mol. The average Bonchev–Trinajstić information content (AvgIpc) is 2.50. The number of ether oxygens (including phenoxy) is 1. The van der Waals surface area contributed by atoms with Gasteiger partial charge in [0.05, 0.1) is 11.8 Å². The first-order valence-electron chi connectivity index (χ1n) is 7.16. The molecule has 116 valence electrons. The molecule has 0 aliphatic carbocycles. The molecule has 1 aliphatic rings. The lowest BCUT2D eigenvalue weighted by Gasteiger charge is -2.27. The van der Waals surface area contributed by atoms with Crippen LogP contribution in [0.5, 0.6) is 5.75 Å². The fourth-order valence-electron chi connectivity index (χ4n) is 2.23. The summed E-state index contributed by atoms with van der Waals surface area (Å²) in [4.78, 5) is 13.2. The smallest absolute Gasteiger partial charge is 0.264 e. The molecule has 0 spiro atoms. The van der Waals surface area contributed by atoms with Gasteiger partial charge < -0.3 is 25.2 Å². The van der Waals surface area contributed by atoms with Gasteiger partial charge >= 0.3 is 0 Å². The van der Waals surface area contributed by atoms with Crippen molar-refractivity contribution in [2.45, 2.75) is 18.9 Å². The molecular formula is C15H22N2O4. The number of likely N-dealkylation sites (N-methyl/N-ethyl adjacent to an activating group) is 1. The Hall–Kier alpha value is -1.63. The summed E-state index contributed by atoms with van der Waals surface area (Å²) in [6.45, 7) is 1.63. The number of amides is 1. The summed E-state index contributed by atoms with van der Waals surface area (Å²) in [6.07, 6.45) is 0.685. The number of benzene rings is 1. The Labute approximate surface area is 124 Å². The van der Waals surface area contributed by atoms with Crippen LogP contribution in [0.2, 0.25) is 0 Å². The highest BCUT2D eigenvalue weighted by atomic mass is 16.5. The van der Waals surface area contributed by atoms with E-state index in [0.717, 1.165) is 12.1 Å².